The topological polar surface area (TPSA) is 63.1 Å². The van der Waals surface area contributed by atoms with Gasteiger partial charge in [0.1, 0.15) is 5.82 Å². The number of nitrogens with one attached hydrogen (secondary N) is 1. The molecule has 0 amide bonds. The lowest BCUT2D eigenvalue weighted by Gasteiger charge is -2.32. The summed E-state index contributed by atoms with van der Waals surface area (Å²) in [6.07, 6.45) is 3.28. The van der Waals surface area contributed by atoms with Gasteiger partial charge in [-0.2, -0.15) is 0 Å². The molecule has 3 aromatic rings. The van der Waals surface area contributed by atoms with Crippen molar-refractivity contribution in [1.82, 2.24) is 24.8 Å². The predicted octanol–water partition coefficient (Wildman–Crippen LogP) is 3.26. The number of fused-ring (bicyclic) bond motifs is 1. The van der Waals surface area contributed by atoms with Crippen molar-refractivity contribution in [3.05, 3.63) is 68.6 Å². The summed E-state index contributed by atoms with van der Waals surface area (Å²) in [5, 5.41) is 3.61. The highest BCUT2D eigenvalue weighted by molar-refractivity contribution is 9.10. The summed E-state index contributed by atoms with van der Waals surface area (Å²) >= 11 is 3.48. The Labute approximate surface area is 183 Å². The van der Waals surface area contributed by atoms with Crippen LogP contribution in [0.25, 0.3) is 11.0 Å². The first-order valence-electron chi connectivity index (χ1n) is 10.2. The number of pyridine rings is 3. The number of nitrogens with zero attached hydrogens (tertiary/aromatic N) is 4. The van der Waals surface area contributed by atoms with E-state index in [0.29, 0.717) is 23.6 Å². The Balaban J connectivity index is 1.30. The zero-order valence-electron chi connectivity index (χ0n) is 16.9. The van der Waals surface area contributed by atoms with Gasteiger partial charge in [0, 0.05) is 42.3 Å². The van der Waals surface area contributed by atoms with E-state index in [2.05, 4.69) is 36.1 Å². The molecule has 8 heteroatoms. The molecule has 1 aliphatic rings. The Bertz CT molecular complexity index is 1090. The first-order valence-corrected chi connectivity index (χ1v) is 11.0. The molecular weight excluding hydrogens is 449 g/mol. The summed E-state index contributed by atoms with van der Waals surface area (Å²) in [4.78, 5) is 23.3. The molecule has 0 bridgehead atoms. The lowest BCUT2D eigenvalue weighted by molar-refractivity contribution is 0.191. The molecular formula is C22H25BrFN5O. The molecule has 0 aliphatic carbocycles. The molecule has 4 heterocycles. The minimum absolute atomic E-state index is 0.122. The maximum absolute atomic E-state index is 13.6. The fourth-order valence-corrected chi connectivity index (χ4v) is 4.14. The molecule has 0 atom stereocenters. The van der Waals surface area contributed by atoms with Gasteiger partial charge in [-0.1, -0.05) is 0 Å². The normalized spacial score (nSPS) is 15.7. The van der Waals surface area contributed by atoms with Gasteiger partial charge in [-0.3, -0.25) is 14.8 Å². The van der Waals surface area contributed by atoms with Gasteiger partial charge in [-0.15, -0.1) is 0 Å². The van der Waals surface area contributed by atoms with Crippen molar-refractivity contribution in [2.24, 2.45) is 0 Å². The van der Waals surface area contributed by atoms with Crippen molar-refractivity contribution in [3.63, 3.8) is 0 Å². The second-order valence-electron chi connectivity index (χ2n) is 7.75. The largest absolute Gasteiger partial charge is 0.308 e. The first kappa shape index (κ1) is 21.1. The zero-order valence-corrected chi connectivity index (χ0v) is 18.5. The van der Waals surface area contributed by atoms with Gasteiger partial charge < -0.3 is 14.8 Å². The SMILES string of the molecule is Cc1nc(CNC2CCN(CCn3c(=O)ccc4ncc(F)cc43)CC2)ccc1Br. The molecule has 1 aliphatic heterocycles. The zero-order chi connectivity index (χ0) is 21.1. The van der Waals surface area contributed by atoms with Gasteiger partial charge in [0.2, 0.25) is 0 Å². The molecule has 30 heavy (non-hydrogen) atoms. The highest BCUT2D eigenvalue weighted by atomic mass is 79.9. The van der Waals surface area contributed by atoms with E-state index in [1.54, 1.807) is 10.6 Å². The molecule has 6 nitrogen and oxygen atoms in total. The summed E-state index contributed by atoms with van der Waals surface area (Å²) in [7, 11) is 0. The van der Waals surface area contributed by atoms with E-state index in [4.69, 9.17) is 0 Å². The van der Waals surface area contributed by atoms with Crippen LogP contribution in [-0.4, -0.2) is 45.1 Å². The minimum Gasteiger partial charge on any atom is -0.308 e. The van der Waals surface area contributed by atoms with Gasteiger partial charge in [0.25, 0.3) is 5.56 Å². The lowest BCUT2D eigenvalue weighted by atomic mass is 10.0. The third kappa shape index (κ3) is 4.94. The van der Waals surface area contributed by atoms with Gasteiger partial charge >= 0.3 is 0 Å². The number of aromatic nitrogens is 3. The van der Waals surface area contributed by atoms with Crippen molar-refractivity contribution < 1.29 is 4.39 Å². The van der Waals surface area contributed by atoms with Crippen molar-refractivity contribution in [2.45, 2.75) is 38.9 Å². The molecule has 0 aromatic carbocycles. The Morgan fingerprint density at radius 1 is 1.20 bits per heavy atom. The van der Waals surface area contributed by atoms with Crippen LogP contribution in [0.5, 0.6) is 0 Å². The average Bonchev–Trinajstić information content (AvgIpc) is 2.74. The number of hydrogen-bond donors (Lipinski definition) is 1. The van der Waals surface area contributed by atoms with Crippen molar-refractivity contribution in [3.8, 4) is 0 Å². The van der Waals surface area contributed by atoms with E-state index in [0.717, 1.165) is 54.9 Å². The first-order chi connectivity index (χ1) is 14.5. The number of halogens is 2. The third-order valence-corrected chi connectivity index (χ3v) is 6.52. The molecule has 3 aromatic heterocycles. The van der Waals surface area contributed by atoms with Gasteiger partial charge in [0.05, 0.1) is 28.6 Å². The van der Waals surface area contributed by atoms with Gasteiger partial charge in [0.15, 0.2) is 0 Å². The van der Waals surface area contributed by atoms with E-state index in [1.807, 2.05) is 19.1 Å². The average molecular weight is 474 g/mol. The molecule has 0 unspecified atom stereocenters. The van der Waals surface area contributed by atoms with Gasteiger partial charge in [-0.05, 0) is 67.0 Å². The Morgan fingerprint density at radius 2 is 2.00 bits per heavy atom. The van der Waals surface area contributed by atoms with E-state index >= 15 is 0 Å². The number of piperidine rings is 1. The van der Waals surface area contributed by atoms with Crippen LogP contribution in [0.4, 0.5) is 4.39 Å². The number of rotatable bonds is 6. The van der Waals surface area contributed by atoms with Crippen LogP contribution >= 0.6 is 15.9 Å². The van der Waals surface area contributed by atoms with E-state index < -0.39 is 5.82 Å². The Morgan fingerprint density at radius 3 is 2.77 bits per heavy atom. The van der Waals surface area contributed by atoms with Crippen LogP contribution in [0.15, 0.2) is 45.8 Å². The number of aryl methyl sites for hydroxylation is 1. The van der Waals surface area contributed by atoms with Crippen LogP contribution < -0.4 is 10.9 Å². The number of hydrogen-bond acceptors (Lipinski definition) is 5. The maximum atomic E-state index is 13.6. The second kappa shape index (κ2) is 9.32. The molecule has 0 radical (unpaired) electrons. The second-order valence-corrected chi connectivity index (χ2v) is 8.60. The minimum atomic E-state index is -0.427. The van der Waals surface area contributed by atoms with Crippen LogP contribution in [0.2, 0.25) is 0 Å². The summed E-state index contributed by atoms with van der Waals surface area (Å²) in [5.41, 5.74) is 3.12. The fraction of sp³-hybridized carbons (Fsp3) is 0.409. The van der Waals surface area contributed by atoms with Crippen LogP contribution in [0.3, 0.4) is 0 Å². The molecule has 0 spiro atoms. The van der Waals surface area contributed by atoms with Gasteiger partial charge in [-0.25, -0.2) is 4.39 Å². The quantitative estimate of drug-likeness (QED) is 0.595. The van der Waals surface area contributed by atoms with E-state index in [-0.39, 0.29) is 5.56 Å². The summed E-state index contributed by atoms with van der Waals surface area (Å²) in [6.45, 7) is 5.99. The molecule has 1 saturated heterocycles. The highest BCUT2D eigenvalue weighted by Crippen LogP contribution is 2.16. The summed E-state index contributed by atoms with van der Waals surface area (Å²) < 4.78 is 16.3. The summed E-state index contributed by atoms with van der Waals surface area (Å²) in [6, 6.07) is 9.08. The smallest absolute Gasteiger partial charge is 0.251 e. The highest BCUT2D eigenvalue weighted by Gasteiger charge is 2.19. The summed E-state index contributed by atoms with van der Waals surface area (Å²) in [5.74, 6) is -0.427. The van der Waals surface area contributed by atoms with Crippen LogP contribution in [-0.2, 0) is 13.1 Å². The van der Waals surface area contributed by atoms with Crippen LogP contribution in [0, 0.1) is 12.7 Å². The molecule has 0 saturated carbocycles. The van der Waals surface area contributed by atoms with Crippen molar-refractivity contribution in [1.29, 1.82) is 0 Å². The Hall–Kier alpha value is -2.16. The Kier molecular flexibility index (Phi) is 6.55. The number of likely N-dealkylation sites (tertiary alicyclic amines) is 1. The standard InChI is InChI=1S/C22H25BrFN5O/c1-15-19(23)3-2-18(27-15)14-25-17-6-8-28(9-7-17)10-11-29-21-12-16(24)13-26-20(21)4-5-22(29)30/h2-5,12-13,17,25H,6-11,14H2,1H3. The lowest BCUT2D eigenvalue weighted by Crippen LogP contribution is -2.43. The molecule has 158 valence electrons. The molecule has 4 rings (SSSR count). The van der Waals surface area contributed by atoms with Crippen LogP contribution in [0.1, 0.15) is 24.2 Å². The third-order valence-electron chi connectivity index (χ3n) is 5.68. The molecule has 1 fully saturated rings. The maximum Gasteiger partial charge on any atom is 0.251 e. The monoisotopic (exact) mass is 473 g/mol. The van der Waals surface area contributed by atoms with E-state index in [1.165, 1.54) is 18.3 Å². The predicted molar refractivity (Wildman–Crippen MR) is 119 cm³/mol. The molecule has 1 N–H and O–H groups in total. The van der Waals surface area contributed by atoms with Crippen molar-refractivity contribution in [2.75, 3.05) is 19.6 Å². The fourth-order valence-electron chi connectivity index (χ4n) is 3.92. The van der Waals surface area contributed by atoms with E-state index in [9.17, 15) is 9.18 Å². The van der Waals surface area contributed by atoms with Crippen molar-refractivity contribution >= 4 is 27.0 Å².